The molecule has 0 amide bonds. The number of hydrogen-bond donors (Lipinski definition) is 0. The van der Waals surface area contributed by atoms with Crippen LogP contribution in [-0.4, -0.2) is 0 Å². The molecule has 112 valence electrons. The van der Waals surface area contributed by atoms with E-state index in [1.54, 1.807) is 0 Å². The van der Waals surface area contributed by atoms with Gasteiger partial charge in [-0.25, -0.2) is 0 Å². The van der Waals surface area contributed by atoms with Crippen molar-refractivity contribution in [2.45, 2.75) is 106 Å². The smallest absolute Gasteiger partial charge is 0.0471 e. The first kappa shape index (κ1) is 20.3. The Morgan fingerprint density at radius 3 is 0.889 bits per heavy atom. The molecule has 0 unspecified atom stereocenters. The van der Waals surface area contributed by atoms with Crippen LogP contribution in [0.1, 0.15) is 106 Å². The lowest BCUT2D eigenvalue weighted by Crippen LogP contribution is -1.88. The third-order valence-electron chi connectivity index (χ3n) is 3.31. The molecule has 0 heterocycles. The van der Waals surface area contributed by atoms with Crippen LogP contribution in [0.3, 0.4) is 0 Å². The SMILES string of the molecule is CC.CC(C)CCCCCCCCCCC(C)C. The fourth-order valence-corrected chi connectivity index (χ4v) is 2.17. The fraction of sp³-hybridized carbons (Fsp3) is 1.00. The third kappa shape index (κ3) is 21.3. The molecule has 0 heteroatoms. The van der Waals surface area contributed by atoms with Crippen LogP contribution in [-0.2, 0) is 0 Å². The maximum absolute atomic E-state index is 2.33. The molecule has 0 saturated heterocycles. The summed E-state index contributed by atoms with van der Waals surface area (Å²) in [5, 5.41) is 0. The van der Waals surface area contributed by atoms with Gasteiger partial charge in [0.2, 0.25) is 0 Å². The highest BCUT2D eigenvalue weighted by Crippen LogP contribution is 2.14. The van der Waals surface area contributed by atoms with Crippen LogP contribution in [0.25, 0.3) is 0 Å². The van der Waals surface area contributed by atoms with Crippen LogP contribution in [0.15, 0.2) is 0 Å². The minimum atomic E-state index is 0.899. The molecule has 0 nitrogen and oxygen atoms in total. The minimum absolute atomic E-state index is 0.899. The zero-order chi connectivity index (χ0) is 14.2. The van der Waals surface area contributed by atoms with Gasteiger partial charge in [0.05, 0.1) is 0 Å². The highest BCUT2D eigenvalue weighted by atomic mass is 14.0. The first-order chi connectivity index (χ1) is 8.63. The van der Waals surface area contributed by atoms with E-state index >= 15 is 0 Å². The second-order valence-electron chi connectivity index (χ2n) is 6.19. The first-order valence-corrected chi connectivity index (χ1v) is 8.63. The van der Waals surface area contributed by atoms with Gasteiger partial charge in [-0.05, 0) is 11.8 Å². The van der Waals surface area contributed by atoms with E-state index in [1.165, 1.54) is 64.2 Å². The summed E-state index contributed by atoms with van der Waals surface area (Å²) < 4.78 is 0. The van der Waals surface area contributed by atoms with Gasteiger partial charge in [-0.3, -0.25) is 0 Å². The molecule has 0 aliphatic heterocycles. The molecule has 0 rings (SSSR count). The van der Waals surface area contributed by atoms with Crippen LogP contribution in [0.5, 0.6) is 0 Å². The Hall–Kier alpha value is 0. The van der Waals surface area contributed by atoms with E-state index in [2.05, 4.69) is 27.7 Å². The summed E-state index contributed by atoms with van der Waals surface area (Å²) in [6, 6.07) is 0. The maximum atomic E-state index is 2.33. The molecule has 0 saturated carbocycles. The topological polar surface area (TPSA) is 0 Å². The van der Waals surface area contributed by atoms with Crippen molar-refractivity contribution in [2.75, 3.05) is 0 Å². The lowest BCUT2D eigenvalue weighted by Gasteiger charge is -2.05. The van der Waals surface area contributed by atoms with Crippen molar-refractivity contribution in [1.29, 1.82) is 0 Å². The van der Waals surface area contributed by atoms with Crippen molar-refractivity contribution in [1.82, 2.24) is 0 Å². The highest BCUT2D eigenvalue weighted by Gasteiger charge is 1.96. The molecule has 0 N–H and O–H groups in total. The zero-order valence-electron chi connectivity index (χ0n) is 14.2. The van der Waals surface area contributed by atoms with E-state index in [1.807, 2.05) is 13.8 Å². The fourth-order valence-electron chi connectivity index (χ4n) is 2.17. The molecule has 0 aromatic heterocycles. The van der Waals surface area contributed by atoms with Gasteiger partial charge in [0.1, 0.15) is 0 Å². The summed E-state index contributed by atoms with van der Waals surface area (Å²) >= 11 is 0. The maximum Gasteiger partial charge on any atom is -0.0471 e. The zero-order valence-corrected chi connectivity index (χ0v) is 14.2. The molecule has 0 spiro atoms. The summed E-state index contributed by atoms with van der Waals surface area (Å²) in [4.78, 5) is 0. The Kier molecular flexibility index (Phi) is 19.2. The summed E-state index contributed by atoms with van der Waals surface area (Å²) in [6.07, 6.45) is 14.6. The quantitative estimate of drug-likeness (QED) is 0.342. The first-order valence-electron chi connectivity index (χ1n) is 8.63. The molecule has 0 aromatic rings. The second kappa shape index (κ2) is 17.0. The van der Waals surface area contributed by atoms with E-state index in [0.29, 0.717) is 0 Å². The Bertz CT molecular complexity index is 108. The third-order valence-corrected chi connectivity index (χ3v) is 3.31. The number of unbranched alkanes of at least 4 members (excludes halogenated alkanes) is 7. The number of hydrogen-bond acceptors (Lipinski definition) is 0. The largest absolute Gasteiger partial charge is 0.0683 e. The van der Waals surface area contributed by atoms with Gasteiger partial charge in [-0.2, -0.15) is 0 Å². The van der Waals surface area contributed by atoms with Crippen molar-refractivity contribution < 1.29 is 0 Å². The van der Waals surface area contributed by atoms with E-state index in [9.17, 15) is 0 Å². The molecule has 0 aliphatic rings. The molecular formula is C18H40. The van der Waals surface area contributed by atoms with Crippen molar-refractivity contribution in [3.8, 4) is 0 Å². The Morgan fingerprint density at radius 1 is 0.444 bits per heavy atom. The summed E-state index contributed by atoms with van der Waals surface area (Å²) in [6.45, 7) is 13.3. The van der Waals surface area contributed by atoms with E-state index in [4.69, 9.17) is 0 Å². The van der Waals surface area contributed by atoms with E-state index in [0.717, 1.165) is 11.8 Å². The van der Waals surface area contributed by atoms with Gasteiger partial charge in [0.15, 0.2) is 0 Å². The van der Waals surface area contributed by atoms with Gasteiger partial charge >= 0.3 is 0 Å². The molecule has 0 radical (unpaired) electrons. The predicted octanol–water partition coefficient (Wildman–Crippen LogP) is 7.23. The normalized spacial score (nSPS) is 10.7. The average molecular weight is 257 g/mol. The van der Waals surface area contributed by atoms with E-state index < -0.39 is 0 Å². The van der Waals surface area contributed by atoms with Crippen molar-refractivity contribution in [3.05, 3.63) is 0 Å². The van der Waals surface area contributed by atoms with Gasteiger partial charge in [-0.15, -0.1) is 0 Å². The second-order valence-corrected chi connectivity index (χ2v) is 6.19. The van der Waals surface area contributed by atoms with E-state index in [-0.39, 0.29) is 0 Å². The molecule has 0 aromatic carbocycles. The molecule has 0 aliphatic carbocycles. The lowest BCUT2D eigenvalue weighted by atomic mass is 10.0. The summed E-state index contributed by atoms with van der Waals surface area (Å²) in [5.41, 5.74) is 0. The summed E-state index contributed by atoms with van der Waals surface area (Å²) in [5.74, 6) is 1.80. The van der Waals surface area contributed by atoms with Crippen LogP contribution in [0.2, 0.25) is 0 Å². The minimum Gasteiger partial charge on any atom is -0.0683 e. The van der Waals surface area contributed by atoms with Gasteiger partial charge in [0.25, 0.3) is 0 Å². The van der Waals surface area contributed by atoms with Gasteiger partial charge in [-0.1, -0.05) is 106 Å². The van der Waals surface area contributed by atoms with Crippen LogP contribution < -0.4 is 0 Å². The monoisotopic (exact) mass is 256 g/mol. The van der Waals surface area contributed by atoms with Crippen LogP contribution in [0, 0.1) is 11.8 Å². The molecular weight excluding hydrogens is 216 g/mol. The van der Waals surface area contributed by atoms with Gasteiger partial charge in [0, 0.05) is 0 Å². The molecule has 0 fully saturated rings. The Labute approximate surface area is 118 Å². The van der Waals surface area contributed by atoms with Crippen molar-refractivity contribution >= 4 is 0 Å². The van der Waals surface area contributed by atoms with Gasteiger partial charge < -0.3 is 0 Å². The van der Waals surface area contributed by atoms with Crippen molar-refractivity contribution in [2.24, 2.45) is 11.8 Å². The van der Waals surface area contributed by atoms with Crippen LogP contribution in [0.4, 0.5) is 0 Å². The molecule has 18 heavy (non-hydrogen) atoms. The Balaban J connectivity index is 0. The van der Waals surface area contributed by atoms with Crippen molar-refractivity contribution in [3.63, 3.8) is 0 Å². The Morgan fingerprint density at radius 2 is 0.667 bits per heavy atom. The molecule has 0 atom stereocenters. The van der Waals surface area contributed by atoms with Crippen LogP contribution >= 0.6 is 0 Å². The summed E-state index contributed by atoms with van der Waals surface area (Å²) in [7, 11) is 0. The average Bonchev–Trinajstić information content (AvgIpc) is 2.33. The number of rotatable bonds is 11. The molecule has 0 bridgehead atoms. The standard InChI is InChI=1S/C16H34.C2H6/c1-15(2)13-11-9-7-5-6-8-10-12-14-16(3)4;1-2/h15-16H,5-14H2,1-4H3;1-2H3. The predicted molar refractivity (Wildman–Crippen MR) is 87.2 cm³/mol. The lowest BCUT2D eigenvalue weighted by molar-refractivity contribution is 0.492. The highest BCUT2D eigenvalue weighted by molar-refractivity contribution is 4.51.